The monoisotopic (exact) mass is 435 g/mol. The number of nitrogens with one attached hydrogen (secondary N) is 1. The van der Waals surface area contributed by atoms with E-state index >= 15 is 0 Å². The molecule has 0 aliphatic carbocycles. The molecule has 0 unspecified atom stereocenters. The van der Waals surface area contributed by atoms with E-state index in [2.05, 4.69) is 11.4 Å². The Balaban J connectivity index is 2.30. The fraction of sp³-hybridized carbons (Fsp3) is 0.346. The number of nitrogens with zero attached hydrogens (tertiary/aromatic N) is 1. The Kier molecular flexibility index (Phi) is 8.31. The maximum atomic E-state index is 15.0. The summed E-state index contributed by atoms with van der Waals surface area (Å²) in [6.45, 7) is 7.17. The van der Waals surface area contributed by atoms with Gasteiger partial charge in [0.1, 0.15) is 5.82 Å². The van der Waals surface area contributed by atoms with Crippen molar-refractivity contribution in [3.63, 3.8) is 0 Å². The summed E-state index contributed by atoms with van der Waals surface area (Å²) in [5, 5.41) is 11.9. The van der Waals surface area contributed by atoms with Crippen molar-refractivity contribution in [2.75, 3.05) is 6.54 Å². The van der Waals surface area contributed by atoms with Crippen LogP contribution in [0.15, 0.2) is 53.7 Å². The van der Waals surface area contributed by atoms with Gasteiger partial charge in [0, 0.05) is 23.1 Å². The number of allylic oxidation sites excluding steroid dienone is 1. The number of carbonyl (C=O) groups excluding carboxylic acids is 2. The molecule has 1 amide bonds. The quantitative estimate of drug-likeness (QED) is 0.590. The van der Waals surface area contributed by atoms with Gasteiger partial charge in [-0.05, 0) is 35.2 Å². The highest BCUT2D eigenvalue weighted by molar-refractivity contribution is 5.97. The lowest BCUT2D eigenvalue weighted by molar-refractivity contribution is -0.128. The lowest BCUT2D eigenvalue weighted by Crippen LogP contribution is -2.37. The van der Waals surface area contributed by atoms with Crippen molar-refractivity contribution < 1.29 is 14.0 Å². The Hall–Kier alpha value is -3.46. The topological polar surface area (TPSA) is 96.0 Å². The summed E-state index contributed by atoms with van der Waals surface area (Å²) in [6, 6.07) is 13.8. The molecule has 0 aliphatic heterocycles. The van der Waals surface area contributed by atoms with Crippen molar-refractivity contribution in [2.45, 2.75) is 47.0 Å². The molecule has 0 saturated carbocycles. The van der Waals surface area contributed by atoms with Gasteiger partial charge in [0.15, 0.2) is 5.78 Å². The molecule has 6 heteroatoms. The normalized spacial score (nSPS) is 12.0. The second-order valence-corrected chi connectivity index (χ2v) is 8.75. The summed E-state index contributed by atoms with van der Waals surface area (Å²) in [7, 11) is 0. The second-order valence-electron chi connectivity index (χ2n) is 8.75. The van der Waals surface area contributed by atoms with Crippen LogP contribution in [0.1, 0.15) is 51.7 Å². The zero-order valence-electron chi connectivity index (χ0n) is 19.1. The van der Waals surface area contributed by atoms with E-state index in [-0.39, 0.29) is 24.3 Å². The molecular weight excluding hydrogens is 405 g/mol. The number of nitrogens with two attached hydrogens (primary N) is 1. The van der Waals surface area contributed by atoms with Crippen LogP contribution in [0.3, 0.4) is 0 Å². The van der Waals surface area contributed by atoms with E-state index in [0.29, 0.717) is 34.4 Å². The van der Waals surface area contributed by atoms with Crippen molar-refractivity contribution >= 4 is 11.7 Å². The van der Waals surface area contributed by atoms with Gasteiger partial charge in [-0.15, -0.1) is 0 Å². The van der Waals surface area contributed by atoms with E-state index in [1.807, 2.05) is 6.92 Å². The second kappa shape index (κ2) is 10.7. The van der Waals surface area contributed by atoms with Crippen molar-refractivity contribution in [1.82, 2.24) is 5.32 Å². The first-order chi connectivity index (χ1) is 15.1. The van der Waals surface area contributed by atoms with Gasteiger partial charge in [-0.25, -0.2) is 4.39 Å². The molecule has 0 bridgehead atoms. The third-order valence-corrected chi connectivity index (χ3v) is 5.21. The molecule has 0 atom stereocenters. The summed E-state index contributed by atoms with van der Waals surface area (Å²) in [5.74, 6) is -1.06. The zero-order valence-corrected chi connectivity index (χ0v) is 19.1. The number of nitriles is 1. The van der Waals surface area contributed by atoms with Gasteiger partial charge < -0.3 is 11.1 Å². The van der Waals surface area contributed by atoms with E-state index in [1.165, 1.54) is 6.07 Å². The molecule has 168 valence electrons. The highest BCUT2D eigenvalue weighted by atomic mass is 19.1. The Labute approximate surface area is 189 Å². The minimum Gasteiger partial charge on any atom is -0.402 e. The fourth-order valence-corrected chi connectivity index (χ4v) is 3.17. The van der Waals surface area contributed by atoms with Crippen LogP contribution in [0.2, 0.25) is 0 Å². The summed E-state index contributed by atoms with van der Waals surface area (Å²) >= 11 is 0. The average molecular weight is 436 g/mol. The van der Waals surface area contributed by atoms with Crippen LogP contribution in [0.25, 0.3) is 11.1 Å². The minimum absolute atomic E-state index is 0.00733. The van der Waals surface area contributed by atoms with Gasteiger partial charge in [-0.3, -0.25) is 9.59 Å². The van der Waals surface area contributed by atoms with Gasteiger partial charge in [0.2, 0.25) is 5.91 Å². The van der Waals surface area contributed by atoms with Crippen LogP contribution in [0.5, 0.6) is 0 Å². The van der Waals surface area contributed by atoms with Crippen LogP contribution in [-0.2, 0) is 16.0 Å². The van der Waals surface area contributed by atoms with E-state index in [4.69, 9.17) is 5.73 Å². The SMILES string of the molecule is CCC/C(N)=C(\Cc1ccc(-c2ccccc2C#N)cc1F)C(=O)NCC(=O)C(C)(C)C. The molecule has 0 aromatic heterocycles. The van der Waals surface area contributed by atoms with Gasteiger partial charge in [-0.1, -0.05) is 64.4 Å². The number of hydrogen-bond acceptors (Lipinski definition) is 4. The molecule has 5 nitrogen and oxygen atoms in total. The van der Waals surface area contributed by atoms with Gasteiger partial charge in [-0.2, -0.15) is 5.26 Å². The standard InChI is InChI=1S/C26H30FN3O2/c1-5-8-23(29)21(25(32)30-16-24(31)26(2,3)4)13-18-12-11-17(14-22(18)27)20-10-7-6-9-19(20)15-28/h6-7,9-12,14H,5,8,13,16,29H2,1-4H3,(H,30,32)/b23-21-. The molecule has 0 saturated heterocycles. The van der Waals surface area contributed by atoms with Crippen LogP contribution in [0, 0.1) is 22.6 Å². The third kappa shape index (κ3) is 6.27. The molecule has 2 rings (SSSR count). The molecule has 2 aromatic rings. The molecule has 0 spiro atoms. The van der Waals surface area contributed by atoms with E-state index < -0.39 is 17.1 Å². The summed E-state index contributed by atoms with van der Waals surface area (Å²) in [5.41, 5.74) is 8.21. The highest BCUT2D eigenvalue weighted by Gasteiger charge is 2.23. The van der Waals surface area contributed by atoms with Crippen molar-refractivity contribution in [3.05, 3.63) is 70.7 Å². The number of ketones is 1. The molecular formula is C26H30FN3O2. The number of amides is 1. The van der Waals surface area contributed by atoms with Gasteiger partial charge >= 0.3 is 0 Å². The zero-order chi connectivity index (χ0) is 23.9. The largest absolute Gasteiger partial charge is 0.402 e. The number of rotatable bonds is 8. The molecule has 32 heavy (non-hydrogen) atoms. The average Bonchev–Trinajstić information content (AvgIpc) is 2.75. The maximum absolute atomic E-state index is 15.0. The fourth-order valence-electron chi connectivity index (χ4n) is 3.17. The molecule has 0 radical (unpaired) electrons. The molecule has 0 heterocycles. The Morgan fingerprint density at radius 3 is 2.44 bits per heavy atom. The number of carbonyl (C=O) groups is 2. The van der Waals surface area contributed by atoms with Crippen LogP contribution in [-0.4, -0.2) is 18.2 Å². The summed E-state index contributed by atoms with van der Waals surface area (Å²) in [6.07, 6.45) is 1.23. The highest BCUT2D eigenvalue weighted by Crippen LogP contribution is 2.26. The van der Waals surface area contributed by atoms with Crippen LogP contribution < -0.4 is 11.1 Å². The van der Waals surface area contributed by atoms with E-state index in [0.717, 1.165) is 6.42 Å². The van der Waals surface area contributed by atoms with Gasteiger partial charge in [0.05, 0.1) is 18.2 Å². The van der Waals surface area contributed by atoms with Crippen molar-refractivity contribution in [1.29, 1.82) is 5.26 Å². The molecule has 2 aromatic carbocycles. The predicted molar refractivity (Wildman–Crippen MR) is 124 cm³/mol. The predicted octanol–water partition coefficient (Wildman–Crippen LogP) is 4.65. The first-order valence-electron chi connectivity index (χ1n) is 10.6. The third-order valence-electron chi connectivity index (χ3n) is 5.21. The molecule has 3 N–H and O–H groups in total. The number of halogens is 1. The first-order valence-corrected chi connectivity index (χ1v) is 10.6. The number of Topliss-reactive ketones (excluding diaryl/α,β-unsaturated/α-hetero) is 1. The Morgan fingerprint density at radius 1 is 1.16 bits per heavy atom. The van der Waals surface area contributed by atoms with Crippen molar-refractivity contribution in [2.24, 2.45) is 11.1 Å². The molecule has 0 fully saturated rings. The Morgan fingerprint density at radius 2 is 1.84 bits per heavy atom. The molecule has 0 aliphatic rings. The van der Waals surface area contributed by atoms with Crippen LogP contribution in [0.4, 0.5) is 4.39 Å². The Bertz CT molecular complexity index is 1080. The minimum atomic E-state index is -0.576. The maximum Gasteiger partial charge on any atom is 0.249 e. The summed E-state index contributed by atoms with van der Waals surface area (Å²) in [4.78, 5) is 25.0. The summed E-state index contributed by atoms with van der Waals surface area (Å²) < 4.78 is 15.0. The van der Waals surface area contributed by atoms with Crippen molar-refractivity contribution in [3.8, 4) is 17.2 Å². The lowest BCUT2D eigenvalue weighted by atomic mass is 9.90. The lowest BCUT2D eigenvalue weighted by Gasteiger charge is -2.18. The first kappa shape index (κ1) is 24.8. The van der Waals surface area contributed by atoms with E-state index in [1.54, 1.807) is 57.2 Å². The number of hydrogen-bond donors (Lipinski definition) is 2. The van der Waals surface area contributed by atoms with E-state index in [9.17, 15) is 19.2 Å². The smallest absolute Gasteiger partial charge is 0.249 e. The number of benzene rings is 2. The van der Waals surface area contributed by atoms with Gasteiger partial charge in [0.25, 0.3) is 0 Å². The van der Waals surface area contributed by atoms with Crippen LogP contribution >= 0.6 is 0 Å².